The van der Waals surface area contributed by atoms with Crippen LogP contribution in [-0.4, -0.2) is 0 Å². The van der Waals surface area contributed by atoms with Crippen molar-refractivity contribution < 1.29 is 0 Å². The summed E-state index contributed by atoms with van der Waals surface area (Å²) < 4.78 is 0. The van der Waals surface area contributed by atoms with Gasteiger partial charge in [0.1, 0.15) is 0 Å². The summed E-state index contributed by atoms with van der Waals surface area (Å²) in [6.45, 7) is 9.47. The monoisotopic (exact) mass is 781 g/mol. The van der Waals surface area contributed by atoms with Gasteiger partial charge < -0.3 is 4.90 Å². The minimum Gasteiger partial charge on any atom is -0.310 e. The van der Waals surface area contributed by atoms with Gasteiger partial charge in [0.25, 0.3) is 0 Å². The third-order valence-corrected chi connectivity index (χ3v) is 13.5. The molecule has 61 heavy (non-hydrogen) atoms. The Morgan fingerprint density at radius 3 is 1.46 bits per heavy atom. The van der Waals surface area contributed by atoms with E-state index >= 15 is 0 Å². The van der Waals surface area contributed by atoms with Crippen LogP contribution in [0.1, 0.15) is 49.9 Å². The molecule has 9 aromatic rings. The molecule has 0 saturated heterocycles. The maximum Gasteiger partial charge on any atom is 0.0546 e. The van der Waals surface area contributed by atoms with Crippen molar-refractivity contribution in [3.05, 3.63) is 235 Å². The highest BCUT2D eigenvalue weighted by Crippen LogP contribution is 2.55. The molecule has 292 valence electrons. The van der Waals surface area contributed by atoms with Crippen molar-refractivity contribution in [1.82, 2.24) is 0 Å². The highest BCUT2D eigenvalue weighted by atomic mass is 15.1. The van der Waals surface area contributed by atoms with Crippen LogP contribution in [0.5, 0.6) is 0 Å². The van der Waals surface area contributed by atoms with Gasteiger partial charge in [0.2, 0.25) is 0 Å². The first-order valence-corrected chi connectivity index (χ1v) is 21.5. The first-order valence-electron chi connectivity index (χ1n) is 21.5. The fourth-order valence-corrected chi connectivity index (χ4v) is 10.5. The number of fused-ring (bicyclic) bond motifs is 6. The molecule has 1 nitrogen and oxygen atoms in total. The molecule has 2 aliphatic rings. The van der Waals surface area contributed by atoms with Crippen molar-refractivity contribution >= 4 is 17.1 Å². The predicted molar refractivity (Wildman–Crippen MR) is 258 cm³/mol. The molecule has 2 aliphatic carbocycles. The minimum absolute atomic E-state index is 0.0840. The van der Waals surface area contributed by atoms with Crippen LogP contribution in [0, 0.1) is 0 Å². The van der Waals surface area contributed by atoms with Crippen LogP contribution < -0.4 is 4.90 Å². The van der Waals surface area contributed by atoms with Crippen LogP contribution in [0.4, 0.5) is 17.1 Å². The second-order valence-corrected chi connectivity index (χ2v) is 17.7. The summed E-state index contributed by atoms with van der Waals surface area (Å²) in [5, 5.41) is 0. The van der Waals surface area contributed by atoms with Crippen molar-refractivity contribution in [2.75, 3.05) is 4.90 Å². The van der Waals surface area contributed by atoms with Gasteiger partial charge in [-0.05, 0) is 114 Å². The SMILES string of the molecule is CC1(C)c2ccccc2-c2ccc(N(c3cccc(-c4cccc5c4-c4ccccc4C5(C)C)c3)c3cccc(-c4ccccc4)c3-c3ccccc3-c3ccccc3)cc21. The highest BCUT2D eigenvalue weighted by molar-refractivity contribution is 6.02. The molecule has 9 aromatic carbocycles. The lowest BCUT2D eigenvalue weighted by molar-refractivity contribution is 0.660. The van der Waals surface area contributed by atoms with Gasteiger partial charge in [0.15, 0.2) is 0 Å². The summed E-state index contributed by atoms with van der Waals surface area (Å²) in [7, 11) is 0. The largest absolute Gasteiger partial charge is 0.310 e. The molecular formula is C60H47N. The summed E-state index contributed by atoms with van der Waals surface area (Å²) >= 11 is 0. The fourth-order valence-electron chi connectivity index (χ4n) is 10.5. The number of nitrogens with zero attached hydrogens (tertiary/aromatic N) is 1. The minimum atomic E-state index is -0.158. The van der Waals surface area contributed by atoms with E-state index in [0.29, 0.717) is 0 Å². The first kappa shape index (κ1) is 36.8. The van der Waals surface area contributed by atoms with E-state index in [1.807, 2.05) is 0 Å². The lowest BCUT2D eigenvalue weighted by Gasteiger charge is -2.31. The normalized spacial score (nSPS) is 13.8. The molecule has 0 heterocycles. The standard InChI is InChI=1S/C60H47N/c1-59(2)53-33-16-14-29-51(53)57-47(30-18-34-54(57)59)42-24-17-25-43(38-42)61(44-36-37-49-48-27-13-15-32-52(48)60(3,4)55(49)39-44)56-35-19-31-46(41-22-9-6-10-23-41)58(56)50-28-12-11-26-45(50)40-20-7-5-8-21-40/h5-39H,1-4H3. The molecule has 1 heteroatoms. The van der Waals surface area contributed by atoms with Gasteiger partial charge in [-0.15, -0.1) is 0 Å². The Morgan fingerprint density at radius 1 is 0.279 bits per heavy atom. The molecule has 0 amide bonds. The molecule has 0 fully saturated rings. The predicted octanol–water partition coefficient (Wildman–Crippen LogP) is 16.4. The Bertz CT molecular complexity index is 3130. The smallest absolute Gasteiger partial charge is 0.0546 e. The van der Waals surface area contributed by atoms with Gasteiger partial charge in [0.05, 0.1) is 5.69 Å². The molecule has 0 saturated carbocycles. The first-order chi connectivity index (χ1) is 29.8. The zero-order chi connectivity index (χ0) is 41.3. The Morgan fingerprint density at radius 2 is 0.738 bits per heavy atom. The number of anilines is 3. The van der Waals surface area contributed by atoms with E-state index in [1.54, 1.807) is 0 Å². The van der Waals surface area contributed by atoms with Gasteiger partial charge >= 0.3 is 0 Å². The van der Waals surface area contributed by atoms with E-state index in [9.17, 15) is 0 Å². The van der Waals surface area contributed by atoms with Gasteiger partial charge in [-0.1, -0.05) is 210 Å². The van der Waals surface area contributed by atoms with E-state index in [-0.39, 0.29) is 10.8 Å². The van der Waals surface area contributed by atoms with Crippen molar-refractivity contribution in [3.8, 4) is 66.8 Å². The van der Waals surface area contributed by atoms with Crippen LogP contribution in [0.3, 0.4) is 0 Å². The number of hydrogen-bond acceptors (Lipinski definition) is 1. The Labute approximate surface area is 360 Å². The van der Waals surface area contributed by atoms with Crippen LogP contribution in [-0.2, 0) is 10.8 Å². The number of hydrogen-bond donors (Lipinski definition) is 0. The fraction of sp³-hybridized carbons (Fsp3) is 0.100. The van der Waals surface area contributed by atoms with E-state index in [0.717, 1.165) is 17.1 Å². The molecule has 0 aliphatic heterocycles. The van der Waals surface area contributed by atoms with E-state index in [4.69, 9.17) is 0 Å². The van der Waals surface area contributed by atoms with Crippen LogP contribution in [0.2, 0.25) is 0 Å². The summed E-state index contributed by atoms with van der Waals surface area (Å²) in [5.41, 5.74) is 23.5. The van der Waals surface area contributed by atoms with Gasteiger partial charge in [0, 0.05) is 27.8 Å². The topological polar surface area (TPSA) is 3.24 Å². The maximum atomic E-state index is 2.52. The van der Waals surface area contributed by atoms with Gasteiger partial charge in [-0.2, -0.15) is 0 Å². The highest BCUT2D eigenvalue weighted by Gasteiger charge is 2.38. The molecule has 0 N–H and O–H groups in total. The lowest BCUT2D eigenvalue weighted by atomic mass is 9.82. The summed E-state index contributed by atoms with van der Waals surface area (Å²) in [6.07, 6.45) is 0. The zero-order valence-electron chi connectivity index (χ0n) is 35.2. The second-order valence-electron chi connectivity index (χ2n) is 17.7. The third kappa shape index (κ3) is 5.83. The molecule has 0 spiro atoms. The van der Waals surface area contributed by atoms with Crippen LogP contribution >= 0.6 is 0 Å². The van der Waals surface area contributed by atoms with Crippen molar-refractivity contribution in [2.45, 2.75) is 38.5 Å². The van der Waals surface area contributed by atoms with E-state index in [1.165, 1.54) is 89.0 Å². The number of rotatable bonds is 7. The summed E-state index contributed by atoms with van der Waals surface area (Å²) in [6, 6.07) is 78.6. The number of benzene rings is 9. The average molecular weight is 782 g/mol. The molecular weight excluding hydrogens is 735 g/mol. The quantitative estimate of drug-likeness (QED) is 0.156. The summed E-state index contributed by atoms with van der Waals surface area (Å²) in [5.74, 6) is 0. The molecule has 0 unspecified atom stereocenters. The van der Waals surface area contributed by atoms with Crippen molar-refractivity contribution in [3.63, 3.8) is 0 Å². The second kappa shape index (κ2) is 14.2. The Hall–Kier alpha value is -7.22. The zero-order valence-corrected chi connectivity index (χ0v) is 35.2. The molecule has 11 rings (SSSR count). The van der Waals surface area contributed by atoms with E-state index < -0.39 is 0 Å². The Kier molecular flexibility index (Phi) is 8.58. The molecule has 0 aromatic heterocycles. The Balaban J connectivity index is 1.19. The van der Waals surface area contributed by atoms with Crippen molar-refractivity contribution in [2.24, 2.45) is 0 Å². The molecule has 0 atom stereocenters. The van der Waals surface area contributed by atoms with E-state index in [2.05, 4.69) is 245 Å². The third-order valence-electron chi connectivity index (χ3n) is 13.5. The molecule has 0 bridgehead atoms. The average Bonchev–Trinajstić information content (AvgIpc) is 3.69. The van der Waals surface area contributed by atoms with Gasteiger partial charge in [-0.25, -0.2) is 0 Å². The molecule has 0 radical (unpaired) electrons. The lowest BCUT2D eigenvalue weighted by Crippen LogP contribution is -2.17. The van der Waals surface area contributed by atoms with Crippen LogP contribution in [0.15, 0.2) is 212 Å². The maximum absolute atomic E-state index is 2.52. The summed E-state index contributed by atoms with van der Waals surface area (Å²) in [4.78, 5) is 2.52. The van der Waals surface area contributed by atoms with Crippen LogP contribution in [0.25, 0.3) is 66.8 Å². The van der Waals surface area contributed by atoms with Crippen molar-refractivity contribution in [1.29, 1.82) is 0 Å². The van der Waals surface area contributed by atoms with Gasteiger partial charge in [-0.3, -0.25) is 0 Å².